The Morgan fingerprint density at radius 1 is 1.21 bits per heavy atom. The summed E-state index contributed by atoms with van der Waals surface area (Å²) in [4.78, 5) is 7.97. The van der Waals surface area contributed by atoms with Gasteiger partial charge in [-0.05, 0) is 31.0 Å². The van der Waals surface area contributed by atoms with E-state index in [-0.39, 0.29) is 5.95 Å². The molecule has 1 aromatic carbocycles. The fourth-order valence-corrected chi connectivity index (χ4v) is 1.60. The number of aromatic nitrogens is 2. The summed E-state index contributed by atoms with van der Waals surface area (Å²) in [5, 5.41) is 0. The quantitative estimate of drug-likeness (QED) is 0.892. The number of rotatable bonds is 5. The van der Waals surface area contributed by atoms with Crippen LogP contribution in [0.25, 0.3) is 0 Å². The van der Waals surface area contributed by atoms with Gasteiger partial charge in [0.25, 0.3) is 0 Å². The Bertz CT molecular complexity index is 541. The Kier molecular flexibility index (Phi) is 4.30. The lowest BCUT2D eigenvalue weighted by atomic mass is 10.1. The van der Waals surface area contributed by atoms with Gasteiger partial charge < -0.3 is 15.2 Å². The molecular weight excluding hydrogens is 242 g/mol. The van der Waals surface area contributed by atoms with Gasteiger partial charge >= 0.3 is 0 Å². The van der Waals surface area contributed by atoms with E-state index < -0.39 is 0 Å². The highest BCUT2D eigenvalue weighted by molar-refractivity contribution is 5.35. The summed E-state index contributed by atoms with van der Waals surface area (Å²) in [6.45, 7) is 2.59. The second-order valence-electron chi connectivity index (χ2n) is 4.21. The summed E-state index contributed by atoms with van der Waals surface area (Å²) in [5.41, 5.74) is 7.59. The second-order valence-corrected chi connectivity index (χ2v) is 4.21. The number of anilines is 1. The van der Waals surface area contributed by atoms with E-state index in [0.29, 0.717) is 12.5 Å². The molecule has 0 aliphatic rings. The summed E-state index contributed by atoms with van der Waals surface area (Å²) in [5.74, 6) is 1.41. The number of ether oxygens (including phenoxy) is 2. The van der Waals surface area contributed by atoms with Crippen molar-refractivity contribution in [3.05, 3.63) is 41.6 Å². The molecule has 0 spiro atoms. The minimum Gasteiger partial charge on any atom is -0.439 e. The van der Waals surface area contributed by atoms with E-state index >= 15 is 0 Å². The van der Waals surface area contributed by atoms with Gasteiger partial charge in [-0.1, -0.05) is 12.1 Å². The lowest BCUT2D eigenvalue weighted by molar-refractivity contribution is 0.202. The molecule has 0 aliphatic carbocycles. The van der Waals surface area contributed by atoms with Crippen LogP contribution < -0.4 is 10.5 Å². The van der Waals surface area contributed by atoms with Crippen molar-refractivity contribution in [3.8, 4) is 11.6 Å². The first-order valence-electron chi connectivity index (χ1n) is 6.04. The van der Waals surface area contributed by atoms with E-state index in [9.17, 15) is 0 Å². The maximum Gasteiger partial charge on any atom is 0.226 e. The van der Waals surface area contributed by atoms with Crippen LogP contribution in [0, 0.1) is 6.92 Å². The van der Waals surface area contributed by atoms with E-state index in [4.69, 9.17) is 15.2 Å². The van der Waals surface area contributed by atoms with Gasteiger partial charge in [0.15, 0.2) is 0 Å². The molecule has 0 fully saturated rings. The number of nitrogens with two attached hydrogens (primary N) is 1. The van der Waals surface area contributed by atoms with Gasteiger partial charge in [-0.2, -0.15) is 4.98 Å². The van der Waals surface area contributed by atoms with Crippen molar-refractivity contribution in [2.75, 3.05) is 19.5 Å². The zero-order chi connectivity index (χ0) is 13.7. The number of methoxy groups -OCH3 is 1. The molecular formula is C14H17N3O2. The predicted molar refractivity (Wildman–Crippen MR) is 73.3 cm³/mol. The summed E-state index contributed by atoms with van der Waals surface area (Å²) in [7, 11) is 1.69. The molecule has 2 aromatic rings. The van der Waals surface area contributed by atoms with Crippen LogP contribution in [0.1, 0.15) is 11.1 Å². The Morgan fingerprint density at radius 3 is 2.63 bits per heavy atom. The SMILES string of the molecule is COCCc1ccc(Oc2nc(N)ncc2C)cc1. The highest BCUT2D eigenvalue weighted by Crippen LogP contribution is 2.23. The molecule has 100 valence electrons. The fourth-order valence-electron chi connectivity index (χ4n) is 1.60. The van der Waals surface area contributed by atoms with Gasteiger partial charge in [0.1, 0.15) is 5.75 Å². The van der Waals surface area contributed by atoms with Gasteiger partial charge in [-0.3, -0.25) is 0 Å². The molecule has 0 atom stereocenters. The van der Waals surface area contributed by atoms with Crippen molar-refractivity contribution >= 4 is 5.95 Å². The third kappa shape index (κ3) is 3.66. The first-order chi connectivity index (χ1) is 9.19. The highest BCUT2D eigenvalue weighted by atomic mass is 16.5. The van der Waals surface area contributed by atoms with Crippen molar-refractivity contribution in [1.82, 2.24) is 9.97 Å². The zero-order valence-electron chi connectivity index (χ0n) is 11.1. The van der Waals surface area contributed by atoms with E-state index in [0.717, 1.165) is 17.7 Å². The number of aryl methyl sites for hydroxylation is 1. The van der Waals surface area contributed by atoms with Crippen molar-refractivity contribution in [3.63, 3.8) is 0 Å². The summed E-state index contributed by atoms with van der Waals surface area (Å²) < 4.78 is 10.7. The molecule has 5 nitrogen and oxygen atoms in total. The molecule has 0 radical (unpaired) electrons. The monoisotopic (exact) mass is 259 g/mol. The van der Waals surface area contributed by atoms with Crippen LogP contribution in [0.5, 0.6) is 11.6 Å². The van der Waals surface area contributed by atoms with Gasteiger partial charge in [-0.25, -0.2) is 4.98 Å². The van der Waals surface area contributed by atoms with Crippen molar-refractivity contribution in [2.24, 2.45) is 0 Å². The van der Waals surface area contributed by atoms with Crippen LogP contribution in [0.2, 0.25) is 0 Å². The van der Waals surface area contributed by atoms with E-state index in [1.807, 2.05) is 31.2 Å². The number of nitrogen functional groups attached to an aromatic ring is 1. The molecule has 0 saturated carbocycles. The molecule has 2 rings (SSSR count). The smallest absolute Gasteiger partial charge is 0.226 e. The van der Waals surface area contributed by atoms with Crippen LogP contribution in [0.4, 0.5) is 5.95 Å². The van der Waals surface area contributed by atoms with Crippen molar-refractivity contribution in [2.45, 2.75) is 13.3 Å². The second kappa shape index (κ2) is 6.15. The molecule has 0 bridgehead atoms. The Balaban J connectivity index is 2.08. The summed E-state index contributed by atoms with van der Waals surface area (Å²) in [6.07, 6.45) is 2.53. The lowest BCUT2D eigenvalue weighted by Crippen LogP contribution is -1.99. The molecule has 0 aliphatic heterocycles. The zero-order valence-corrected chi connectivity index (χ0v) is 11.1. The third-order valence-electron chi connectivity index (χ3n) is 2.68. The molecule has 1 heterocycles. The average molecular weight is 259 g/mol. The number of benzene rings is 1. The lowest BCUT2D eigenvalue weighted by Gasteiger charge is -2.08. The number of nitrogens with zero attached hydrogens (tertiary/aromatic N) is 2. The molecule has 0 unspecified atom stereocenters. The Hall–Kier alpha value is -2.14. The van der Waals surface area contributed by atoms with Crippen LogP contribution in [0.15, 0.2) is 30.5 Å². The topological polar surface area (TPSA) is 70.3 Å². The van der Waals surface area contributed by atoms with Crippen molar-refractivity contribution in [1.29, 1.82) is 0 Å². The van der Waals surface area contributed by atoms with E-state index in [1.54, 1.807) is 13.3 Å². The maximum atomic E-state index is 5.69. The average Bonchev–Trinajstić information content (AvgIpc) is 2.42. The first-order valence-corrected chi connectivity index (χ1v) is 6.04. The van der Waals surface area contributed by atoms with Gasteiger partial charge in [0, 0.05) is 18.9 Å². The van der Waals surface area contributed by atoms with E-state index in [1.165, 1.54) is 5.56 Å². The number of hydrogen-bond donors (Lipinski definition) is 1. The van der Waals surface area contributed by atoms with Gasteiger partial charge in [-0.15, -0.1) is 0 Å². The molecule has 1 aromatic heterocycles. The Morgan fingerprint density at radius 2 is 1.95 bits per heavy atom. The molecule has 0 amide bonds. The largest absolute Gasteiger partial charge is 0.439 e. The summed E-state index contributed by atoms with van der Waals surface area (Å²) >= 11 is 0. The molecule has 0 saturated heterocycles. The van der Waals surface area contributed by atoms with Gasteiger partial charge in [0.05, 0.1) is 6.61 Å². The minimum absolute atomic E-state index is 0.206. The predicted octanol–water partition coefficient (Wildman–Crippen LogP) is 2.35. The van der Waals surface area contributed by atoms with Gasteiger partial charge in [0.2, 0.25) is 11.8 Å². The van der Waals surface area contributed by atoms with Crippen LogP contribution in [-0.4, -0.2) is 23.7 Å². The molecule has 5 heteroatoms. The molecule has 19 heavy (non-hydrogen) atoms. The normalized spacial score (nSPS) is 10.4. The third-order valence-corrected chi connectivity index (χ3v) is 2.68. The van der Waals surface area contributed by atoms with Crippen LogP contribution in [0.3, 0.4) is 0 Å². The first kappa shape index (κ1) is 13.3. The minimum atomic E-state index is 0.206. The Labute approximate surface area is 112 Å². The molecule has 2 N–H and O–H groups in total. The van der Waals surface area contributed by atoms with E-state index in [2.05, 4.69) is 9.97 Å². The maximum absolute atomic E-state index is 5.69. The van der Waals surface area contributed by atoms with Crippen LogP contribution >= 0.6 is 0 Å². The number of hydrogen-bond acceptors (Lipinski definition) is 5. The fraction of sp³-hybridized carbons (Fsp3) is 0.286. The van der Waals surface area contributed by atoms with Crippen molar-refractivity contribution < 1.29 is 9.47 Å². The highest BCUT2D eigenvalue weighted by Gasteiger charge is 2.04. The van der Waals surface area contributed by atoms with Crippen LogP contribution in [-0.2, 0) is 11.2 Å². The summed E-state index contributed by atoms with van der Waals surface area (Å²) in [6, 6.07) is 7.83. The standard InChI is InChI=1S/C14H17N3O2/c1-10-9-16-14(15)17-13(10)19-12-5-3-11(4-6-12)7-8-18-2/h3-6,9H,7-8H2,1-2H3,(H2,15,16,17).